The first-order valence-electron chi connectivity index (χ1n) is 8.84. The van der Waals surface area contributed by atoms with E-state index in [1.54, 1.807) is 37.7 Å². The maximum atomic E-state index is 12.2. The van der Waals surface area contributed by atoms with Gasteiger partial charge in [-0.05, 0) is 36.8 Å². The Morgan fingerprint density at radius 3 is 2.61 bits per heavy atom. The number of hydrogen-bond donors (Lipinski definition) is 1. The Morgan fingerprint density at radius 1 is 1.00 bits per heavy atom. The fourth-order valence-corrected chi connectivity index (χ4v) is 2.57. The van der Waals surface area contributed by atoms with Crippen molar-refractivity contribution in [3.8, 4) is 17.2 Å². The molecule has 0 saturated carbocycles. The van der Waals surface area contributed by atoms with Crippen molar-refractivity contribution in [3.63, 3.8) is 0 Å². The van der Waals surface area contributed by atoms with Gasteiger partial charge in [0.15, 0.2) is 18.1 Å². The summed E-state index contributed by atoms with van der Waals surface area (Å²) in [6.07, 6.45) is 3.44. The molecule has 2 aromatic carbocycles. The second-order valence-electron chi connectivity index (χ2n) is 6.12. The van der Waals surface area contributed by atoms with E-state index in [9.17, 15) is 4.79 Å². The smallest absolute Gasteiger partial charge is 0.262 e. The van der Waals surface area contributed by atoms with E-state index in [-0.39, 0.29) is 12.5 Å². The molecule has 0 saturated heterocycles. The van der Waals surface area contributed by atoms with Gasteiger partial charge in [-0.1, -0.05) is 24.3 Å². The number of aromatic nitrogens is 1. The Kier molecular flexibility index (Phi) is 6.46. The molecule has 1 aromatic heterocycles. The minimum atomic E-state index is -0.258. The maximum absolute atomic E-state index is 12.2. The summed E-state index contributed by atoms with van der Waals surface area (Å²) in [7, 11) is 1.57. The largest absolute Gasteiger partial charge is 0.493 e. The predicted octanol–water partition coefficient (Wildman–Crippen LogP) is 4.00. The zero-order valence-corrected chi connectivity index (χ0v) is 15.8. The van der Waals surface area contributed by atoms with E-state index in [1.807, 2.05) is 43.3 Å². The molecule has 6 nitrogen and oxygen atoms in total. The lowest BCUT2D eigenvalue weighted by molar-refractivity contribution is -0.118. The van der Waals surface area contributed by atoms with E-state index >= 15 is 0 Å². The molecule has 28 heavy (non-hydrogen) atoms. The third-order valence-corrected chi connectivity index (χ3v) is 4.02. The number of carbonyl (C=O) groups excluding carboxylic acids is 1. The highest BCUT2D eigenvalue weighted by Crippen LogP contribution is 2.31. The number of benzene rings is 2. The number of hydrogen-bond acceptors (Lipinski definition) is 5. The summed E-state index contributed by atoms with van der Waals surface area (Å²) in [5, 5.41) is 2.81. The molecule has 1 N–H and O–H groups in total. The van der Waals surface area contributed by atoms with Gasteiger partial charge in [-0.3, -0.25) is 9.78 Å². The lowest BCUT2D eigenvalue weighted by Crippen LogP contribution is -2.20. The third-order valence-electron chi connectivity index (χ3n) is 4.02. The SMILES string of the molecule is COc1ccc(NC(=O)COc2ccccc2C)cc1OCc1cccnc1. The summed E-state index contributed by atoms with van der Waals surface area (Å²) in [6, 6.07) is 16.6. The fourth-order valence-electron chi connectivity index (χ4n) is 2.57. The average molecular weight is 378 g/mol. The molecular formula is C22H22N2O4. The zero-order chi connectivity index (χ0) is 19.8. The molecule has 0 radical (unpaired) electrons. The van der Waals surface area contributed by atoms with Gasteiger partial charge >= 0.3 is 0 Å². The second kappa shape index (κ2) is 9.41. The first-order valence-corrected chi connectivity index (χ1v) is 8.84. The minimum Gasteiger partial charge on any atom is -0.493 e. The van der Waals surface area contributed by atoms with Crippen LogP contribution in [0.2, 0.25) is 0 Å². The van der Waals surface area contributed by atoms with Gasteiger partial charge in [-0.15, -0.1) is 0 Å². The molecule has 0 bridgehead atoms. The average Bonchev–Trinajstić information content (AvgIpc) is 2.72. The quantitative estimate of drug-likeness (QED) is 0.642. The van der Waals surface area contributed by atoms with Gasteiger partial charge in [0, 0.05) is 29.7 Å². The van der Waals surface area contributed by atoms with Crippen LogP contribution in [-0.2, 0) is 11.4 Å². The number of rotatable bonds is 8. The van der Waals surface area contributed by atoms with E-state index in [0.29, 0.717) is 29.5 Å². The number of amides is 1. The summed E-state index contributed by atoms with van der Waals surface area (Å²) in [5.74, 6) is 1.54. The van der Waals surface area contributed by atoms with Gasteiger partial charge in [-0.2, -0.15) is 0 Å². The number of aryl methyl sites for hydroxylation is 1. The first-order chi connectivity index (χ1) is 13.7. The zero-order valence-electron chi connectivity index (χ0n) is 15.8. The molecule has 1 heterocycles. The Labute approximate surface area is 164 Å². The molecule has 0 fully saturated rings. The third kappa shape index (κ3) is 5.23. The summed E-state index contributed by atoms with van der Waals surface area (Å²) in [6.45, 7) is 2.20. The molecule has 3 rings (SSSR count). The maximum Gasteiger partial charge on any atom is 0.262 e. The van der Waals surface area contributed by atoms with Crippen molar-refractivity contribution in [2.75, 3.05) is 19.0 Å². The molecule has 0 unspecified atom stereocenters. The molecule has 6 heteroatoms. The fraction of sp³-hybridized carbons (Fsp3) is 0.182. The molecule has 0 aliphatic carbocycles. The number of pyridine rings is 1. The highest BCUT2D eigenvalue weighted by molar-refractivity contribution is 5.92. The minimum absolute atomic E-state index is 0.0806. The van der Waals surface area contributed by atoms with E-state index in [0.717, 1.165) is 11.1 Å². The Balaban J connectivity index is 1.61. The van der Waals surface area contributed by atoms with Crippen LogP contribution in [0.25, 0.3) is 0 Å². The van der Waals surface area contributed by atoms with Gasteiger partial charge in [0.1, 0.15) is 12.4 Å². The number of carbonyl (C=O) groups is 1. The van der Waals surface area contributed by atoms with Crippen LogP contribution in [-0.4, -0.2) is 24.6 Å². The number of methoxy groups -OCH3 is 1. The van der Waals surface area contributed by atoms with E-state index in [2.05, 4.69) is 10.3 Å². The number of nitrogens with one attached hydrogen (secondary N) is 1. The second-order valence-corrected chi connectivity index (χ2v) is 6.12. The van der Waals surface area contributed by atoms with Gasteiger partial charge in [0.05, 0.1) is 7.11 Å². The van der Waals surface area contributed by atoms with Gasteiger partial charge < -0.3 is 19.5 Å². The van der Waals surface area contributed by atoms with Gasteiger partial charge in [-0.25, -0.2) is 0 Å². The van der Waals surface area contributed by atoms with E-state index in [4.69, 9.17) is 14.2 Å². The first kappa shape index (κ1) is 19.2. The van der Waals surface area contributed by atoms with Crippen LogP contribution in [0, 0.1) is 6.92 Å². The molecule has 0 spiro atoms. The number of nitrogens with zero attached hydrogens (tertiary/aromatic N) is 1. The molecule has 0 aliphatic heterocycles. The Hall–Kier alpha value is -3.54. The van der Waals surface area contributed by atoms with Crippen molar-refractivity contribution in [1.82, 2.24) is 4.98 Å². The topological polar surface area (TPSA) is 69.7 Å². The van der Waals surface area contributed by atoms with E-state index < -0.39 is 0 Å². The Bertz CT molecular complexity index is 929. The van der Waals surface area contributed by atoms with Crippen LogP contribution >= 0.6 is 0 Å². The van der Waals surface area contributed by atoms with Gasteiger partial charge in [0.25, 0.3) is 5.91 Å². The molecule has 144 valence electrons. The summed E-state index contributed by atoms with van der Waals surface area (Å²) in [4.78, 5) is 16.3. The van der Waals surface area contributed by atoms with Crippen molar-refractivity contribution in [3.05, 3.63) is 78.1 Å². The molecule has 1 amide bonds. The summed E-state index contributed by atoms with van der Waals surface area (Å²) >= 11 is 0. The number of anilines is 1. The van der Waals surface area contributed by atoms with Crippen LogP contribution in [0.15, 0.2) is 67.0 Å². The highest BCUT2D eigenvalue weighted by Gasteiger charge is 2.10. The Morgan fingerprint density at radius 2 is 1.86 bits per heavy atom. The number of ether oxygens (including phenoxy) is 3. The van der Waals surface area contributed by atoms with Crippen LogP contribution in [0.4, 0.5) is 5.69 Å². The molecule has 0 atom stereocenters. The monoisotopic (exact) mass is 378 g/mol. The standard InChI is InChI=1S/C22H22N2O4/c1-16-6-3-4-8-19(16)28-15-22(25)24-18-9-10-20(26-2)21(12-18)27-14-17-7-5-11-23-13-17/h3-13H,14-15H2,1-2H3,(H,24,25). The summed E-state index contributed by atoms with van der Waals surface area (Å²) < 4.78 is 16.7. The lowest BCUT2D eigenvalue weighted by atomic mass is 10.2. The van der Waals surface area contributed by atoms with E-state index in [1.165, 1.54) is 0 Å². The predicted molar refractivity (Wildman–Crippen MR) is 107 cm³/mol. The van der Waals surface area contributed by atoms with Crippen molar-refractivity contribution in [2.45, 2.75) is 13.5 Å². The highest BCUT2D eigenvalue weighted by atomic mass is 16.5. The van der Waals surface area contributed by atoms with Crippen LogP contribution in [0.5, 0.6) is 17.2 Å². The normalized spacial score (nSPS) is 10.2. The van der Waals surface area contributed by atoms with Gasteiger partial charge in [0.2, 0.25) is 0 Å². The van der Waals surface area contributed by atoms with Crippen LogP contribution in [0.3, 0.4) is 0 Å². The number of para-hydroxylation sites is 1. The van der Waals surface area contributed by atoms with Crippen molar-refractivity contribution in [1.29, 1.82) is 0 Å². The van der Waals surface area contributed by atoms with Crippen molar-refractivity contribution < 1.29 is 19.0 Å². The summed E-state index contributed by atoms with van der Waals surface area (Å²) in [5.41, 5.74) is 2.51. The van der Waals surface area contributed by atoms with Crippen LogP contribution in [0.1, 0.15) is 11.1 Å². The molecule has 0 aliphatic rings. The van der Waals surface area contributed by atoms with Crippen molar-refractivity contribution in [2.24, 2.45) is 0 Å². The molecular weight excluding hydrogens is 356 g/mol. The van der Waals surface area contributed by atoms with Crippen molar-refractivity contribution >= 4 is 11.6 Å². The van der Waals surface area contributed by atoms with Crippen LogP contribution < -0.4 is 19.5 Å². The molecule has 3 aromatic rings. The lowest BCUT2D eigenvalue weighted by Gasteiger charge is -2.13.